The molecule has 132 valence electrons. The second kappa shape index (κ2) is 7.28. The highest BCUT2D eigenvalue weighted by Crippen LogP contribution is 2.27. The molecule has 25 heavy (non-hydrogen) atoms. The number of rotatable bonds is 6. The van der Waals surface area contributed by atoms with Crippen molar-refractivity contribution < 1.29 is 22.9 Å². The first-order chi connectivity index (χ1) is 11.7. The molecule has 0 aromatic heterocycles. The number of carbonyl (C=O) groups excluding carboxylic acids is 1. The molecule has 0 radical (unpaired) electrons. The number of hydrogen-bond acceptors (Lipinski definition) is 6. The fourth-order valence-electron chi connectivity index (χ4n) is 1.92. The van der Waals surface area contributed by atoms with Crippen molar-refractivity contribution in [1.82, 2.24) is 0 Å². The first-order valence-corrected chi connectivity index (χ1v) is 8.57. The molecule has 0 aliphatic heterocycles. The van der Waals surface area contributed by atoms with Crippen LogP contribution in [0.25, 0.3) is 0 Å². The zero-order chi connectivity index (χ0) is 18.6. The quantitative estimate of drug-likeness (QED) is 0.589. The van der Waals surface area contributed by atoms with Gasteiger partial charge in [0.2, 0.25) is 10.0 Å². The Morgan fingerprint density at radius 1 is 1.20 bits per heavy atom. The maximum Gasteiger partial charge on any atom is 0.310 e. The van der Waals surface area contributed by atoms with Crippen LogP contribution in [0.5, 0.6) is 5.75 Å². The van der Waals surface area contributed by atoms with Crippen molar-refractivity contribution in [2.24, 2.45) is 5.14 Å². The topological polar surface area (TPSA) is 142 Å². The Morgan fingerprint density at radius 2 is 1.80 bits per heavy atom. The molecule has 0 fully saturated rings. The summed E-state index contributed by atoms with van der Waals surface area (Å²) in [5, 5.41) is 18.5. The van der Waals surface area contributed by atoms with Crippen LogP contribution in [0.4, 0.5) is 11.4 Å². The first-order valence-electron chi connectivity index (χ1n) is 7.02. The number of nitrogens with zero attached hydrogens (tertiary/aromatic N) is 1. The van der Waals surface area contributed by atoms with Gasteiger partial charge in [0.1, 0.15) is 0 Å². The molecule has 9 nitrogen and oxygen atoms in total. The molecular weight excluding hydrogens is 350 g/mol. The van der Waals surface area contributed by atoms with Crippen LogP contribution >= 0.6 is 0 Å². The lowest BCUT2D eigenvalue weighted by atomic mass is 10.2. The SMILES string of the molecule is CC(Oc1ccccc1[N+](=O)[O-])C(=O)Nc1ccc(S(N)(=O)=O)cc1. The van der Waals surface area contributed by atoms with Crippen LogP contribution < -0.4 is 15.2 Å². The van der Waals surface area contributed by atoms with Crippen molar-refractivity contribution in [2.45, 2.75) is 17.9 Å². The van der Waals surface area contributed by atoms with Gasteiger partial charge in [0.25, 0.3) is 5.91 Å². The molecule has 1 unspecified atom stereocenters. The van der Waals surface area contributed by atoms with Gasteiger partial charge in [-0.15, -0.1) is 0 Å². The maximum atomic E-state index is 12.1. The minimum absolute atomic E-state index is 0.0280. The van der Waals surface area contributed by atoms with Crippen LogP contribution in [-0.4, -0.2) is 25.4 Å². The molecule has 0 bridgehead atoms. The van der Waals surface area contributed by atoms with E-state index in [9.17, 15) is 23.3 Å². The highest BCUT2D eigenvalue weighted by molar-refractivity contribution is 7.89. The molecule has 2 aromatic carbocycles. The number of sulfonamides is 1. The van der Waals surface area contributed by atoms with Gasteiger partial charge in [0.05, 0.1) is 9.82 Å². The predicted molar refractivity (Wildman–Crippen MR) is 89.6 cm³/mol. The zero-order valence-corrected chi connectivity index (χ0v) is 13.9. The number of para-hydroxylation sites is 2. The van der Waals surface area contributed by atoms with Crippen molar-refractivity contribution in [3.63, 3.8) is 0 Å². The van der Waals surface area contributed by atoms with Crippen molar-refractivity contribution in [3.8, 4) is 5.75 Å². The van der Waals surface area contributed by atoms with Gasteiger partial charge < -0.3 is 10.1 Å². The van der Waals surface area contributed by atoms with E-state index < -0.39 is 27.0 Å². The average Bonchev–Trinajstić information content (AvgIpc) is 2.54. The fourth-order valence-corrected chi connectivity index (χ4v) is 2.44. The fraction of sp³-hybridized carbons (Fsp3) is 0.133. The molecule has 10 heteroatoms. The molecule has 3 N–H and O–H groups in total. The molecule has 0 aliphatic rings. The van der Waals surface area contributed by atoms with Crippen molar-refractivity contribution in [3.05, 3.63) is 58.6 Å². The summed E-state index contributed by atoms with van der Waals surface area (Å²) >= 11 is 0. The van der Waals surface area contributed by atoms with Gasteiger partial charge in [-0.05, 0) is 37.3 Å². The molecular formula is C15H15N3O6S. The number of nitro groups is 1. The third-order valence-electron chi connectivity index (χ3n) is 3.19. The van der Waals surface area contributed by atoms with E-state index in [-0.39, 0.29) is 16.3 Å². The Hall–Kier alpha value is -2.98. The van der Waals surface area contributed by atoms with Crippen LogP contribution in [0.2, 0.25) is 0 Å². The van der Waals surface area contributed by atoms with Crippen LogP contribution in [0.1, 0.15) is 6.92 Å². The molecule has 1 amide bonds. The highest BCUT2D eigenvalue weighted by Gasteiger charge is 2.20. The van der Waals surface area contributed by atoms with E-state index >= 15 is 0 Å². The summed E-state index contributed by atoms with van der Waals surface area (Å²) in [6.07, 6.45) is -1.01. The van der Waals surface area contributed by atoms with E-state index in [1.807, 2.05) is 0 Å². The van der Waals surface area contributed by atoms with Gasteiger partial charge in [0.15, 0.2) is 11.9 Å². The zero-order valence-electron chi connectivity index (χ0n) is 13.1. The lowest BCUT2D eigenvalue weighted by Crippen LogP contribution is -2.30. The van der Waals surface area contributed by atoms with E-state index in [0.29, 0.717) is 5.69 Å². The Morgan fingerprint density at radius 3 is 2.36 bits per heavy atom. The number of anilines is 1. The van der Waals surface area contributed by atoms with Crippen molar-refractivity contribution in [1.29, 1.82) is 0 Å². The number of benzene rings is 2. The second-order valence-electron chi connectivity index (χ2n) is 5.04. The molecule has 1 atom stereocenters. The van der Waals surface area contributed by atoms with Gasteiger partial charge in [-0.1, -0.05) is 12.1 Å². The summed E-state index contributed by atoms with van der Waals surface area (Å²) in [7, 11) is -3.82. The third kappa shape index (κ3) is 4.75. The summed E-state index contributed by atoms with van der Waals surface area (Å²) < 4.78 is 27.7. The first kappa shape index (κ1) is 18.4. The Bertz CT molecular complexity index is 896. The number of ether oxygens (including phenoxy) is 1. The normalized spacial score (nSPS) is 12.2. The van der Waals surface area contributed by atoms with Crippen LogP contribution in [0.15, 0.2) is 53.4 Å². The predicted octanol–water partition coefficient (Wildman–Crippen LogP) is 1.65. The lowest BCUT2D eigenvalue weighted by molar-refractivity contribution is -0.386. The van der Waals surface area contributed by atoms with Gasteiger partial charge >= 0.3 is 5.69 Å². The van der Waals surface area contributed by atoms with Crippen molar-refractivity contribution >= 4 is 27.3 Å². The van der Waals surface area contributed by atoms with Gasteiger partial charge in [0, 0.05) is 11.8 Å². The molecule has 0 heterocycles. The Balaban J connectivity index is 2.07. The average molecular weight is 365 g/mol. The number of hydrogen-bond donors (Lipinski definition) is 2. The molecule has 0 saturated carbocycles. The van der Waals surface area contributed by atoms with E-state index in [1.54, 1.807) is 6.07 Å². The van der Waals surface area contributed by atoms with E-state index in [2.05, 4.69) is 5.32 Å². The summed E-state index contributed by atoms with van der Waals surface area (Å²) in [4.78, 5) is 22.4. The lowest BCUT2D eigenvalue weighted by Gasteiger charge is -2.14. The van der Waals surface area contributed by atoms with Gasteiger partial charge in [-0.25, -0.2) is 13.6 Å². The summed E-state index contributed by atoms with van der Waals surface area (Å²) in [6.45, 7) is 1.44. The number of amides is 1. The summed E-state index contributed by atoms with van der Waals surface area (Å²) in [5.74, 6) is -0.582. The Labute approximate surface area is 143 Å². The number of primary sulfonamides is 1. The minimum atomic E-state index is -3.82. The number of nitrogens with one attached hydrogen (secondary N) is 1. The number of nitrogens with two attached hydrogens (primary N) is 1. The maximum absolute atomic E-state index is 12.1. The van der Waals surface area contributed by atoms with Gasteiger partial charge in [-0.3, -0.25) is 14.9 Å². The molecule has 2 aromatic rings. The smallest absolute Gasteiger partial charge is 0.310 e. The standard InChI is InChI=1S/C15H15N3O6S/c1-10(24-14-5-3-2-4-13(14)18(20)21)15(19)17-11-6-8-12(9-7-11)25(16,22)23/h2-10H,1H3,(H,17,19)(H2,16,22,23). The monoisotopic (exact) mass is 365 g/mol. The summed E-state index contributed by atoms with van der Waals surface area (Å²) in [6, 6.07) is 10.9. The Kier molecular flexibility index (Phi) is 5.35. The van der Waals surface area contributed by atoms with E-state index in [4.69, 9.17) is 9.88 Å². The van der Waals surface area contributed by atoms with Crippen LogP contribution in [-0.2, 0) is 14.8 Å². The molecule has 0 saturated heterocycles. The third-order valence-corrected chi connectivity index (χ3v) is 4.11. The highest BCUT2D eigenvalue weighted by atomic mass is 32.2. The largest absolute Gasteiger partial charge is 0.474 e. The van der Waals surface area contributed by atoms with Crippen LogP contribution in [0, 0.1) is 10.1 Å². The second-order valence-corrected chi connectivity index (χ2v) is 6.60. The number of nitro benzene ring substituents is 1. The molecule has 0 aliphatic carbocycles. The van der Waals surface area contributed by atoms with E-state index in [1.165, 1.54) is 49.4 Å². The van der Waals surface area contributed by atoms with Crippen molar-refractivity contribution in [2.75, 3.05) is 5.32 Å². The molecule has 0 spiro atoms. The molecule has 2 rings (SSSR count). The van der Waals surface area contributed by atoms with Gasteiger partial charge in [-0.2, -0.15) is 0 Å². The number of carbonyl (C=O) groups is 1. The summed E-state index contributed by atoms with van der Waals surface area (Å²) in [5.41, 5.74) is 0.0788. The van der Waals surface area contributed by atoms with E-state index in [0.717, 1.165) is 0 Å². The van der Waals surface area contributed by atoms with Crippen LogP contribution in [0.3, 0.4) is 0 Å². The minimum Gasteiger partial charge on any atom is -0.474 e.